The molecule has 0 aliphatic heterocycles. The van der Waals surface area contributed by atoms with Gasteiger partial charge in [-0.2, -0.15) is 4.98 Å². The number of hydrogen-bond donors (Lipinski definition) is 3. The van der Waals surface area contributed by atoms with Crippen LogP contribution in [0.4, 0.5) is 5.95 Å². The summed E-state index contributed by atoms with van der Waals surface area (Å²) in [5, 5.41) is 13.1. The molecule has 3 N–H and O–H groups in total. The van der Waals surface area contributed by atoms with Gasteiger partial charge in [-0.05, 0) is 80.2 Å². The predicted octanol–water partition coefficient (Wildman–Crippen LogP) is 5.79. The molecule has 14 heteroatoms. The van der Waals surface area contributed by atoms with E-state index in [2.05, 4.69) is 43.8 Å². The van der Waals surface area contributed by atoms with Gasteiger partial charge in [-0.15, -0.1) is 0 Å². The van der Waals surface area contributed by atoms with E-state index in [4.69, 9.17) is 9.72 Å². The second kappa shape index (κ2) is 13.3. The van der Waals surface area contributed by atoms with Gasteiger partial charge in [-0.25, -0.2) is 37.9 Å². The van der Waals surface area contributed by atoms with Crippen LogP contribution in [0.5, 0.6) is 5.88 Å². The van der Waals surface area contributed by atoms with Gasteiger partial charge >= 0.3 is 5.97 Å². The highest BCUT2D eigenvalue weighted by atomic mass is 32.2. The van der Waals surface area contributed by atoms with Crippen molar-refractivity contribution in [1.29, 1.82) is 0 Å². The lowest BCUT2D eigenvalue weighted by molar-refractivity contribution is -0.119. The Morgan fingerprint density at radius 1 is 1.04 bits per heavy atom. The third-order valence-corrected chi connectivity index (χ3v) is 11.4. The topological polar surface area (TPSA) is 174 Å². The molecule has 1 atom stereocenters. The van der Waals surface area contributed by atoms with Crippen molar-refractivity contribution in [3.05, 3.63) is 82.9 Å². The number of carboxylic acids is 1. The molecule has 51 heavy (non-hydrogen) atoms. The Morgan fingerprint density at radius 2 is 1.76 bits per heavy atom. The number of carbonyl (C=O) groups is 1. The molecule has 0 spiro atoms. The van der Waals surface area contributed by atoms with Gasteiger partial charge in [0.1, 0.15) is 12.4 Å². The van der Waals surface area contributed by atoms with Crippen molar-refractivity contribution in [2.24, 2.45) is 18.4 Å². The predicted molar refractivity (Wildman–Crippen MR) is 192 cm³/mol. The van der Waals surface area contributed by atoms with E-state index in [1.807, 2.05) is 43.7 Å². The van der Waals surface area contributed by atoms with Gasteiger partial charge in [-0.1, -0.05) is 38.1 Å². The number of hydrogen-bond acceptors (Lipinski definition) is 10. The van der Waals surface area contributed by atoms with Crippen molar-refractivity contribution < 1.29 is 23.1 Å². The first-order valence-corrected chi connectivity index (χ1v) is 18.6. The number of aromatic carboxylic acids is 1. The number of anilines is 1. The van der Waals surface area contributed by atoms with Crippen LogP contribution in [-0.2, 0) is 23.6 Å². The molecule has 2 bridgehead atoms. The van der Waals surface area contributed by atoms with Crippen molar-refractivity contribution in [2.75, 3.05) is 11.3 Å². The number of nitrogens with zero attached hydrogens (tertiary/aromatic N) is 6. The van der Waals surface area contributed by atoms with E-state index >= 15 is 0 Å². The number of benzene rings is 2. The van der Waals surface area contributed by atoms with Crippen LogP contribution in [0.15, 0.2) is 59.6 Å². The second-order valence-electron chi connectivity index (χ2n) is 14.4. The Bertz CT molecular complexity index is 2220. The zero-order valence-electron chi connectivity index (χ0n) is 29.3. The summed E-state index contributed by atoms with van der Waals surface area (Å²) in [6, 6.07) is 12.7. The van der Waals surface area contributed by atoms with Gasteiger partial charge in [0.25, 0.3) is 10.0 Å². The Balaban J connectivity index is 1.15. The Hall–Kier alpha value is -4.95. The summed E-state index contributed by atoms with van der Waals surface area (Å²) in [5.74, 6) is 0.802. The highest BCUT2D eigenvalue weighted by molar-refractivity contribution is 7.92. The van der Waals surface area contributed by atoms with Crippen molar-refractivity contribution >= 4 is 33.2 Å². The quantitative estimate of drug-likeness (QED) is 0.127. The molecular formula is C37H42N8O5S. The summed E-state index contributed by atoms with van der Waals surface area (Å²) in [6.07, 6.45) is 6.36. The number of aromatic nitrogens is 6. The van der Waals surface area contributed by atoms with Crippen LogP contribution in [0.2, 0.25) is 0 Å². The molecule has 13 nitrogen and oxygen atoms in total. The van der Waals surface area contributed by atoms with Crippen molar-refractivity contribution in [2.45, 2.75) is 76.8 Å². The highest BCUT2D eigenvalue weighted by Crippen LogP contribution is 2.66. The van der Waals surface area contributed by atoms with Crippen LogP contribution in [0, 0.1) is 25.2 Å². The molecule has 2 aromatic carbocycles. The lowest BCUT2D eigenvalue weighted by Crippen LogP contribution is -2.55. The minimum Gasteiger partial charge on any atom is -0.478 e. The Morgan fingerprint density at radius 3 is 2.43 bits per heavy atom. The number of rotatable bonds is 14. The number of fused-ring (bicyclic) bond motifs is 1. The second-order valence-corrected chi connectivity index (χ2v) is 16.1. The molecule has 0 radical (unpaired) electrons. The molecule has 0 saturated heterocycles. The minimum atomic E-state index is -4.24. The first kappa shape index (κ1) is 34.5. The summed E-state index contributed by atoms with van der Waals surface area (Å²) >= 11 is 0. The largest absolute Gasteiger partial charge is 0.478 e. The summed E-state index contributed by atoms with van der Waals surface area (Å²) < 4.78 is 37.7. The van der Waals surface area contributed by atoms with Crippen LogP contribution < -0.4 is 14.8 Å². The summed E-state index contributed by atoms with van der Waals surface area (Å²) in [7, 11) is -2.27. The van der Waals surface area contributed by atoms with Crippen LogP contribution in [0.1, 0.15) is 78.5 Å². The standard InChI is InChI=1S/C37H42N8O5S/c1-21(2)33-43-32-34(45(33)5)40-27(19-39-32)18-38-26(17-37-14-24(15-37)16-37)20-50-30-13-29(31-22(3)8-6-9-23(31)4)41-36(42-30)44-51(48,49)28-11-7-10-25(12-28)35(46)47/h6-13,19,21,24,26,38H,14-18,20H2,1-5H3,(H,46,47)(H,41,42,44). The zero-order chi connectivity index (χ0) is 36.1. The van der Waals surface area contributed by atoms with Gasteiger partial charge in [0.15, 0.2) is 11.3 Å². The fraction of sp³-hybridized carbons (Fsp3) is 0.405. The smallest absolute Gasteiger partial charge is 0.335 e. The number of ether oxygens (including phenoxy) is 1. The van der Waals surface area contributed by atoms with Crippen molar-refractivity contribution in [1.82, 2.24) is 34.8 Å². The number of carboxylic acid groups (broad SMARTS) is 1. The number of imidazole rings is 1. The van der Waals surface area contributed by atoms with Crippen molar-refractivity contribution in [3.63, 3.8) is 0 Å². The van der Waals surface area contributed by atoms with Gasteiger partial charge in [-0.3, -0.25) is 0 Å². The monoisotopic (exact) mass is 710 g/mol. The number of sulfonamides is 1. The molecular weight excluding hydrogens is 669 g/mol. The van der Waals surface area contributed by atoms with E-state index in [9.17, 15) is 18.3 Å². The van der Waals surface area contributed by atoms with Crippen LogP contribution in [0.3, 0.4) is 0 Å². The molecule has 1 unspecified atom stereocenters. The normalized spacial score (nSPS) is 18.7. The first-order valence-electron chi connectivity index (χ1n) is 17.2. The average Bonchev–Trinajstić information content (AvgIpc) is 3.38. The molecule has 0 amide bonds. The maximum absolute atomic E-state index is 13.4. The van der Waals surface area contributed by atoms with Gasteiger partial charge in [0.05, 0.1) is 28.0 Å². The first-order chi connectivity index (χ1) is 24.3. The Labute approximate surface area is 297 Å². The van der Waals surface area contributed by atoms with E-state index in [1.165, 1.54) is 37.5 Å². The van der Waals surface area contributed by atoms with Gasteiger partial charge in [0.2, 0.25) is 11.8 Å². The molecule has 8 rings (SSSR count). The third kappa shape index (κ3) is 7.02. The minimum absolute atomic E-state index is 0.0426. The van der Waals surface area contributed by atoms with E-state index < -0.39 is 16.0 Å². The maximum atomic E-state index is 13.4. The van der Waals surface area contributed by atoms with Crippen LogP contribution in [0.25, 0.3) is 22.6 Å². The summed E-state index contributed by atoms with van der Waals surface area (Å²) in [5.41, 5.74) is 5.58. The fourth-order valence-corrected chi connectivity index (χ4v) is 8.52. The SMILES string of the molecule is Cc1cccc(C)c1-c1cc(OCC(CC23CC(C2)C3)NCc2cnc3nc(C(C)C)n(C)c3n2)nc(NS(=O)(=O)c2cccc(C(=O)O)c2)n1. The van der Waals surface area contributed by atoms with Crippen LogP contribution in [-0.4, -0.2) is 61.6 Å². The fourth-order valence-electron chi connectivity index (χ4n) is 7.53. The molecule has 3 saturated carbocycles. The molecule has 5 aromatic rings. The van der Waals surface area contributed by atoms with Crippen molar-refractivity contribution in [3.8, 4) is 17.1 Å². The molecule has 3 aliphatic rings. The lowest BCUT2D eigenvalue weighted by Gasteiger charge is -2.63. The Kier molecular flexibility index (Phi) is 9.00. The number of nitrogens with one attached hydrogen (secondary N) is 2. The van der Waals surface area contributed by atoms with Crippen LogP contribution >= 0.6 is 0 Å². The third-order valence-electron chi connectivity index (χ3n) is 10.1. The molecule has 3 aliphatic carbocycles. The molecule has 3 aromatic heterocycles. The molecule has 3 fully saturated rings. The zero-order valence-corrected chi connectivity index (χ0v) is 30.2. The molecule has 3 heterocycles. The molecule has 266 valence electrons. The summed E-state index contributed by atoms with van der Waals surface area (Å²) in [4.78, 5) is 34.5. The highest BCUT2D eigenvalue weighted by Gasteiger charge is 2.56. The summed E-state index contributed by atoms with van der Waals surface area (Å²) in [6.45, 7) is 8.88. The lowest BCUT2D eigenvalue weighted by atomic mass is 9.43. The maximum Gasteiger partial charge on any atom is 0.335 e. The average molecular weight is 711 g/mol. The van der Waals surface area contributed by atoms with E-state index in [0.29, 0.717) is 23.3 Å². The van der Waals surface area contributed by atoms with E-state index in [-0.39, 0.29) is 40.9 Å². The number of aryl methyl sites for hydroxylation is 3. The van der Waals surface area contributed by atoms with Gasteiger partial charge < -0.3 is 19.7 Å². The van der Waals surface area contributed by atoms with E-state index in [1.54, 1.807) is 12.3 Å². The van der Waals surface area contributed by atoms with Gasteiger partial charge in [0, 0.05) is 37.2 Å². The van der Waals surface area contributed by atoms with E-state index in [0.717, 1.165) is 52.3 Å².